The van der Waals surface area contributed by atoms with Gasteiger partial charge in [0.2, 0.25) is 5.91 Å². The number of hydrogen-bond donors (Lipinski definition) is 1. The molecule has 1 aromatic heterocycles. The Labute approximate surface area is 164 Å². The molecule has 0 fully saturated rings. The Morgan fingerprint density at radius 3 is 2.60 bits per heavy atom. The summed E-state index contributed by atoms with van der Waals surface area (Å²) in [6.07, 6.45) is 0. The summed E-state index contributed by atoms with van der Waals surface area (Å²) in [6.45, 7) is 2.05. The monoisotopic (exact) mass is 464 g/mol. The second-order valence-corrected chi connectivity index (χ2v) is 7.71. The summed E-state index contributed by atoms with van der Waals surface area (Å²) in [5, 5.41) is 12.1. The second-order valence-electron chi connectivity index (χ2n) is 5.52. The van der Waals surface area contributed by atoms with Gasteiger partial charge in [-0.3, -0.25) is 4.79 Å². The van der Waals surface area contributed by atoms with Gasteiger partial charge >= 0.3 is 0 Å². The highest BCUT2D eigenvalue weighted by Crippen LogP contribution is 2.25. The molecule has 3 aromatic rings. The number of benzene rings is 2. The zero-order valence-electron chi connectivity index (χ0n) is 13.9. The molecule has 3 rings (SSSR count). The van der Waals surface area contributed by atoms with Gasteiger partial charge < -0.3 is 9.88 Å². The van der Waals surface area contributed by atoms with Gasteiger partial charge in [0.25, 0.3) is 0 Å². The van der Waals surface area contributed by atoms with Crippen molar-refractivity contribution < 1.29 is 4.79 Å². The zero-order valence-corrected chi connectivity index (χ0v) is 16.8. The highest BCUT2D eigenvalue weighted by Gasteiger charge is 2.14. The average Bonchev–Trinajstić information content (AvgIpc) is 2.96. The van der Waals surface area contributed by atoms with E-state index in [0.29, 0.717) is 0 Å². The maximum atomic E-state index is 12.1. The number of aryl methyl sites for hydroxylation is 1. The lowest BCUT2D eigenvalue weighted by Crippen LogP contribution is -2.14. The van der Waals surface area contributed by atoms with Crippen molar-refractivity contribution in [2.24, 2.45) is 7.05 Å². The molecule has 1 amide bonds. The second kappa shape index (κ2) is 8.01. The fraction of sp³-hybridized carbons (Fsp3) is 0.167. The molecule has 0 bridgehead atoms. The highest BCUT2D eigenvalue weighted by molar-refractivity contribution is 14.1. The highest BCUT2D eigenvalue weighted by atomic mass is 127. The first-order chi connectivity index (χ1) is 12.0. The first kappa shape index (κ1) is 17.9. The van der Waals surface area contributed by atoms with Gasteiger partial charge in [-0.05, 0) is 59.3 Å². The normalized spacial score (nSPS) is 10.7. The molecule has 0 atom stereocenters. The van der Waals surface area contributed by atoms with Crippen LogP contribution in [0.5, 0.6) is 0 Å². The van der Waals surface area contributed by atoms with Gasteiger partial charge in [-0.1, -0.05) is 36.0 Å². The number of hydrogen-bond acceptors (Lipinski definition) is 4. The third-order valence-corrected chi connectivity index (χ3v) is 5.42. The van der Waals surface area contributed by atoms with Crippen LogP contribution >= 0.6 is 34.4 Å². The van der Waals surface area contributed by atoms with Crippen molar-refractivity contribution in [3.63, 3.8) is 0 Å². The van der Waals surface area contributed by atoms with Crippen LogP contribution in [0.15, 0.2) is 53.7 Å². The largest absolute Gasteiger partial charge is 0.325 e. The van der Waals surface area contributed by atoms with Crippen molar-refractivity contribution in [1.82, 2.24) is 14.8 Å². The smallest absolute Gasteiger partial charge is 0.234 e. The lowest BCUT2D eigenvalue weighted by Gasteiger charge is -2.07. The van der Waals surface area contributed by atoms with Gasteiger partial charge in [0, 0.05) is 21.9 Å². The Morgan fingerprint density at radius 1 is 1.16 bits per heavy atom. The summed E-state index contributed by atoms with van der Waals surface area (Å²) in [5.41, 5.74) is 2.99. The van der Waals surface area contributed by atoms with Crippen LogP contribution in [0.3, 0.4) is 0 Å². The Bertz CT molecular complexity index is 892. The van der Waals surface area contributed by atoms with Gasteiger partial charge in [0.05, 0.1) is 5.75 Å². The lowest BCUT2D eigenvalue weighted by molar-refractivity contribution is -0.113. The van der Waals surface area contributed by atoms with Crippen LogP contribution < -0.4 is 5.32 Å². The maximum absolute atomic E-state index is 12.1. The molecule has 0 radical (unpaired) electrons. The minimum atomic E-state index is -0.0633. The summed E-state index contributed by atoms with van der Waals surface area (Å²) in [7, 11) is 1.92. The summed E-state index contributed by atoms with van der Waals surface area (Å²) in [4.78, 5) is 12.1. The Kier molecular flexibility index (Phi) is 5.74. The molecule has 1 heterocycles. The number of thioether (sulfide) groups is 1. The molecule has 25 heavy (non-hydrogen) atoms. The van der Waals surface area contributed by atoms with Crippen molar-refractivity contribution in [3.05, 3.63) is 57.7 Å². The van der Waals surface area contributed by atoms with E-state index in [1.54, 1.807) is 0 Å². The number of nitrogens with zero attached hydrogens (tertiary/aromatic N) is 3. The van der Waals surface area contributed by atoms with Crippen molar-refractivity contribution in [2.45, 2.75) is 12.1 Å². The molecule has 0 aliphatic rings. The molecule has 7 heteroatoms. The summed E-state index contributed by atoms with van der Waals surface area (Å²) < 4.78 is 3.05. The minimum Gasteiger partial charge on any atom is -0.325 e. The van der Waals surface area contributed by atoms with E-state index >= 15 is 0 Å². The summed E-state index contributed by atoms with van der Waals surface area (Å²) in [5.74, 6) is 1.02. The Hall–Kier alpha value is -1.87. The van der Waals surface area contributed by atoms with E-state index in [1.165, 1.54) is 11.8 Å². The van der Waals surface area contributed by atoms with E-state index in [0.717, 1.165) is 31.4 Å². The van der Waals surface area contributed by atoms with Crippen LogP contribution in [0.2, 0.25) is 0 Å². The number of carbonyl (C=O) groups is 1. The van der Waals surface area contributed by atoms with Crippen molar-refractivity contribution in [2.75, 3.05) is 11.1 Å². The molecule has 2 aromatic carbocycles. The number of halogens is 1. The maximum Gasteiger partial charge on any atom is 0.234 e. The Balaban J connectivity index is 1.65. The third-order valence-electron chi connectivity index (χ3n) is 3.68. The minimum absolute atomic E-state index is 0.0633. The van der Waals surface area contributed by atoms with Gasteiger partial charge in [-0.2, -0.15) is 0 Å². The fourth-order valence-corrected chi connectivity index (χ4v) is 3.43. The molecule has 128 valence electrons. The predicted octanol–water partition coefficient (Wildman–Crippen LogP) is 4.13. The molecule has 0 aliphatic heterocycles. The van der Waals surface area contributed by atoms with Crippen molar-refractivity contribution >= 4 is 45.9 Å². The van der Waals surface area contributed by atoms with Gasteiger partial charge in [0.15, 0.2) is 11.0 Å². The molecule has 5 nitrogen and oxygen atoms in total. The number of anilines is 1. The van der Waals surface area contributed by atoms with Crippen molar-refractivity contribution in [1.29, 1.82) is 0 Å². The van der Waals surface area contributed by atoms with E-state index in [1.807, 2.05) is 67.1 Å². The van der Waals surface area contributed by atoms with E-state index in [4.69, 9.17) is 0 Å². The number of nitrogens with one attached hydrogen (secondary N) is 1. The zero-order chi connectivity index (χ0) is 17.8. The van der Waals surface area contributed by atoms with Gasteiger partial charge in [-0.15, -0.1) is 10.2 Å². The van der Waals surface area contributed by atoms with E-state index in [-0.39, 0.29) is 11.7 Å². The van der Waals surface area contributed by atoms with Gasteiger partial charge in [0.1, 0.15) is 0 Å². The molecule has 0 unspecified atom stereocenters. The van der Waals surface area contributed by atoms with E-state index in [9.17, 15) is 4.79 Å². The van der Waals surface area contributed by atoms with Crippen LogP contribution in [0, 0.1) is 10.5 Å². The summed E-state index contributed by atoms with van der Waals surface area (Å²) >= 11 is 3.61. The number of carbonyl (C=O) groups excluding carboxylic acids is 1. The first-order valence-corrected chi connectivity index (χ1v) is 9.74. The number of rotatable bonds is 5. The van der Waals surface area contributed by atoms with Crippen LogP contribution in [-0.2, 0) is 11.8 Å². The van der Waals surface area contributed by atoms with Crippen LogP contribution in [0.1, 0.15) is 5.56 Å². The molecule has 0 aliphatic carbocycles. The molecule has 0 saturated heterocycles. The third kappa shape index (κ3) is 4.40. The molecule has 0 saturated carbocycles. The summed E-state index contributed by atoms with van der Waals surface area (Å²) in [6, 6.07) is 15.8. The van der Waals surface area contributed by atoms with E-state index in [2.05, 4.69) is 38.1 Å². The molecular formula is C18H17IN4OS. The molecule has 0 spiro atoms. The fourth-order valence-electron chi connectivity index (χ4n) is 2.36. The quantitative estimate of drug-likeness (QED) is 0.456. The number of aromatic nitrogens is 3. The molecule has 1 N–H and O–H groups in total. The van der Waals surface area contributed by atoms with Crippen molar-refractivity contribution in [3.8, 4) is 11.4 Å². The average molecular weight is 464 g/mol. The topological polar surface area (TPSA) is 59.8 Å². The van der Waals surface area contributed by atoms with Crippen LogP contribution in [0.25, 0.3) is 11.4 Å². The lowest BCUT2D eigenvalue weighted by atomic mass is 10.1. The van der Waals surface area contributed by atoms with Gasteiger partial charge in [-0.25, -0.2) is 0 Å². The number of amides is 1. The Morgan fingerprint density at radius 2 is 1.88 bits per heavy atom. The predicted molar refractivity (Wildman–Crippen MR) is 110 cm³/mol. The van der Waals surface area contributed by atoms with E-state index < -0.39 is 0 Å². The molecular weight excluding hydrogens is 447 g/mol. The van der Waals surface area contributed by atoms with Crippen LogP contribution in [-0.4, -0.2) is 26.4 Å². The first-order valence-electron chi connectivity index (χ1n) is 7.68. The van der Waals surface area contributed by atoms with Crippen LogP contribution in [0.4, 0.5) is 5.69 Å². The standard InChI is InChI=1S/C18H17IN4OS/c1-12-5-3-4-6-15(12)17-21-22-18(23(17)2)25-11-16(24)20-14-9-7-13(19)8-10-14/h3-10H,11H2,1-2H3,(H,20,24). The SMILES string of the molecule is Cc1ccccc1-c1nnc(SCC(=O)Nc2ccc(I)cc2)n1C.